The van der Waals surface area contributed by atoms with Crippen LogP contribution in [0, 0.1) is 0 Å². The number of carbonyl (C=O) groups excluding carboxylic acids is 1. The van der Waals surface area contributed by atoms with Crippen LogP contribution in [0.2, 0.25) is 0 Å². The number of hydrogen-bond acceptors (Lipinski definition) is 3. The number of amides is 1. The monoisotopic (exact) mass is 289 g/mol. The average Bonchev–Trinajstić information content (AvgIpc) is 2.48. The maximum atomic E-state index is 11.9. The molecule has 0 spiro atoms. The number of benzene rings is 1. The summed E-state index contributed by atoms with van der Waals surface area (Å²) in [6.45, 7) is 5.84. The smallest absolute Gasteiger partial charge is 0.251 e. The van der Waals surface area contributed by atoms with Crippen molar-refractivity contribution in [2.24, 2.45) is 0 Å². The van der Waals surface area contributed by atoms with Gasteiger partial charge in [-0.2, -0.15) is 0 Å². The Kier molecular flexibility index (Phi) is 5.48. The van der Waals surface area contributed by atoms with E-state index in [2.05, 4.69) is 17.1 Å². The Morgan fingerprint density at radius 2 is 2.19 bits per heavy atom. The van der Waals surface area contributed by atoms with E-state index in [-0.39, 0.29) is 5.91 Å². The topological polar surface area (TPSA) is 58.4 Å². The lowest BCUT2D eigenvalue weighted by atomic mass is 9.97. The molecule has 3 N–H and O–H groups in total. The molecule has 1 aliphatic rings. The van der Waals surface area contributed by atoms with Crippen molar-refractivity contribution in [1.82, 2.24) is 5.32 Å². The molecule has 1 aromatic rings. The molecule has 4 heteroatoms. The van der Waals surface area contributed by atoms with Crippen LogP contribution in [0.4, 0.5) is 11.4 Å². The predicted molar refractivity (Wildman–Crippen MR) is 88.8 cm³/mol. The quantitative estimate of drug-likeness (QED) is 0.819. The van der Waals surface area contributed by atoms with E-state index in [1.54, 1.807) is 6.07 Å². The van der Waals surface area contributed by atoms with Gasteiger partial charge in [-0.15, -0.1) is 0 Å². The standard InChI is InChI=1S/C17H27N3O/c1-3-7-14-8-5-6-11-20(14)16-10-9-13(12-15(16)18)17(21)19-4-2/h9-10,12,14H,3-8,11,18H2,1-2H3,(H,19,21). The van der Waals surface area contributed by atoms with Gasteiger partial charge in [0.25, 0.3) is 5.91 Å². The lowest BCUT2D eigenvalue weighted by Gasteiger charge is -2.38. The van der Waals surface area contributed by atoms with Gasteiger partial charge in [0.15, 0.2) is 0 Å². The molecule has 1 atom stereocenters. The molecule has 0 radical (unpaired) electrons. The fourth-order valence-electron chi connectivity index (χ4n) is 3.17. The van der Waals surface area contributed by atoms with Crippen LogP contribution < -0.4 is 16.0 Å². The first kappa shape index (κ1) is 15.7. The number of rotatable bonds is 5. The van der Waals surface area contributed by atoms with Gasteiger partial charge in [0.05, 0.1) is 11.4 Å². The van der Waals surface area contributed by atoms with Gasteiger partial charge in [-0.25, -0.2) is 0 Å². The van der Waals surface area contributed by atoms with Crippen molar-refractivity contribution < 1.29 is 4.79 Å². The van der Waals surface area contributed by atoms with E-state index in [4.69, 9.17) is 5.73 Å². The first-order valence-corrected chi connectivity index (χ1v) is 8.11. The van der Waals surface area contributed by atoms with Crippen LogP contribution in [-0.4, -0.2) is 25.0 Å². The number of hydrogen-bond donors (Lipinski definition) is 2. The molecule has 1 saturated heterocycles. The molecule has 0 aliphatic carbocycles. The Morgan fingerprint density at radius 1 is 1.38 bits per heavy atom. The largest absolute Gasteiger partial charge is 0.397 e. The molecule has 1 fully saturated rings. The van der Waals surface area contributed by atoms with E-state index in [1.165, 1.54) is 32.1 Å². The molecule has 21 heavy (non-hydrogen) atoms. The van der Waals surface area contributed by atoms with Crippen LogP contribution in [0.1, 0.15) is 56.3 Å². The summed E-state index contributed by atoms with van der Waals surface area (Å²) in [6, 6.07) is 6.28. The van der Waals surface area contributed by atoms with E-state index in [9.17, 15) is 4.79 Å². The molecule has 0 saturated carbocycles. The van der Waals surface area contributed by atoms with Crippen molar-refractivity contribution in [2.75, 3.05) is 23.7 Å². The molecule has 1 amide bonds. The van der Waals surface area contributed by atoms with Crippen LogP contribution in [0.15, 0.2) is 18.2 Å². The third-order valence-electron chi connectivity index (χ3n) is 4.19. The lowest BCUT2D eigenvalue weighted by Crippen LogP contribution is -2.40. The van der Waals surface area contributed by atoms with Crippen LogP contribution in [0.3, 0.4) is 0 Å². The highest BCUT2D eigenvalue weighted by atomic mass is 16.1. The summed E-state index contributed by atoms with van der Waals surface area (Å²) in [6.07, 6.45) is 6.16. The Hall–Kier alpha value is -1.71. The van der Waals surface area contributed by atoms with Crippen molar-refractivity contribution in [1.29, 1.82) is 0 Å². The first-order chi connectivity index (χ1) is 10.2. The first-order valence-electron chi connectivity index (χ1n) is 8.11. The Balaban J connectivity index is 2.20. The predicted octanol–water partition coefficient (Wildman–Crippen LogP) is 3.18. The number of anilines is 2. The van der Waals surface area contributed by atoms with Crippen LogP contribution >= 0.6 is 0 Å². The van der Waals surface area contributed by atoms with Crippen LogP contribution in [0.25, 0.3) is 0 Å². The third-order valence-corrected chi connectivity index (χ3v) is 4.19. The summed E-state index contributed by atoms with van der Waals surface area (Å²) in [5.74, 6) is -0.0560. The minimum atomic E-state index is -0.0560. The van der Waals surface area contributed by atoms with Crippen molar-refractivity contribution in [3.05, 3.63) is 23.8 Å². The highest BCUT2D eigenvalue weighted by Crippen LogP contribution is 2.32. The molecule has 4 nitrogen and oxygen atoms in total. The Bertz CT molecular complexity index is 485. The number of nitrogens with zero attached hydrogens (tertiary/aromatic N) is 1. The summed E-state index contributed by atoms with van der Waals surface area (Å²) in [5.41, 5.74) is 8.66. The van der Waals surface area contributed by atoms with Crippen molar-refractivity contribution in [3.8, 4) is 0 Å². The molecule has 1 heterocycles. The molecule has 2 rings (SSSR count). The fourth-order valence-corrected chi connectivity index (χ4v) is 3.17. The summed E-state index contributed by atoms with van der Waals surface area (Å²) < 4.78 is 0. The number of nitrogen functional groups attached to an aromatic ring is 1. The van der Waals surface area contributed by atoms with Crippen LogP contribution in [0.5, 0.6) is 0 Å². The van der Waals surface area contributed by atoms with E-state index in [0.717, 1.165) is 12.2 Å². The number of carbonyl (C=O) groups is 1. The summed E-state index contributed by atoms with van der Waals surface area (Å²) in [5, 5.41) is 2.81. The highest BCUT2D eigenvalue weighted by molar-refractivity contribution is 5.96. The van der Waals surface area contributed by atoms with Gasteiger partial charge in [-0.1, -0.05) is 13.3 Å². The number of nitrogens with two attached hydrogens (primary N) is 1. The Morgan fingerprint density at radius 3 is 2.86 bits per heavy atom. The van der Waals surface area contributed by atoms with Gasteiger partial charge >= 0.3 is 0 Å². The van der Waals surface area contributed by atoms with Gasteiger partial charge in [0, 0.05) is 24.7 Å². The van der Waals surface area contributed by atoms with Gasteiger partial charge < -0.3 is 16.0 Å². The molecular weight excluding hydrogens is 262 g/mol. The van der Waals surface area contributed by atoms with Gasteiger partial charge in [-0.05, 0) is 50.8 Å². The molecule has 0 aromatic heterocycles. The second-order valence-electron chi connectivity index (χ2n) is 5.76. The Labute approximate surface area is 127 Å². The normalized spacial score (nSPS) is 18.6. The molecule has 0 bridgehead atoms. The third kappa shape index (κ3) is 3.69. The van der Waals surface area contributed by atoms with Crippen molar-refractivity contribution in [3.63, 3.8) is 0 Å². The summed E-state index contributed by atoms with van der Waals surface area (Å²) >= 11 is 0. The maximum absolute atomic E-state index is 11.9. The van der Waals surface area contributed by atoms with Gasteiger partial charge in [0.2, 0.25) is 0 Å². The zero-order valence-electron chi connectivity index (χ0n) is 13.2. The fraction of sp³-hybridized carbons (Fsp3) is 0.588. The van der Waals surface area contributed by atoms with Gasteiger partial charge in [0.1, 0.15) is 0 Å². The molecule has 1 aliphatic heterocycles. The SMILES string of the molecule is CCCC1CCCCN1c1ccc(C(=O)NCC)cc1N. The summed E-state index contributed by atoms with van der Waals surface area (Å²) in [7, 11) is 0. The van der Waals surface area contributed by atoms with Crippen molar-refractivity contribution in [2.45, 2.75) is 52.0 Å². The van der Waals surface area contributed by atoms with Crippen LogP contribution in [-0.2, 0) is 0 Å². The molecular formula is C17H27N3O. The molecule has 116 valence electrons. The van der Waals surface area contributed by atoms with E-state index in [0.29, 0.717) is 23.8 Å². The molecule has 1 unspecified atom stereocenters. The number of piperidine rings is 1. The van der Waals surface area contributed by atoms with E-state index < -0.39 is 0 Å². The minimum Gasteiger partial charge on any atom is -0.397 e. The lowest BCUT2D eigenvalue weighted by molar-refractivity contribution is 0.0956. The number of nitrogens with one attached hydrogen (secondary N) is 1. The molecule has 1 aromatic carbocycles. The second-order valence-corrected chi connectivity index (χ2v) is 5.76. The zero-order chi connectivity index (χ0) is 15.2. The summed E-state index contributed by atoms with van der Waals surface area (Å²) in [4.78, 5) is 14.3. The van der Waals surface area contributed by atoms with Gasteiger partial charge in [-0.3, -0.25) is 4.79 Å². The highest BCUT2D eigenvalue weighted by Gasteiger charge is 2.23. The van der Waals surface area contributed by atoms with E-state index in [1.807, 2.05) is 19.1 Å². The minimum absolute atomic E-state index is 0.0560. The zero-order valence-corrected chi connectivity index (χ0v) is 13.2. The maximum Gasteiger partial charge on any atom is 0.251 e. The second kappa shape index (κ2) is 7.34. The van der Waals surface area contributed by atoms with E-state index >= 15 is 0 Å². The average molecular weight is 289 g/mol. The van der Waals surface area contributed by atoms with Crippen molar-refractivity contribution >= 4 is 17.3 Å².